The first-order valence-corrected chi connectivity index (χ1v) is 3.19. The molecule has 0 radical (unpaired) electrons. The maximum atomic E-state index is 8.63. The average molecular weight is 133 g/mol. The van der Waals surface area contributed by atoms with Crippen LogP contribution < -0.4 is 5.73 Å². The van der Waals surface area contributed by atoms with Crippen LogP contribution in [0.4, 0.5) is 0 Å². The molecule has 3 nitrogen and oxygen atoms in total. The molecule has 0 aromatic rings. The lowest BCUT2D eigenvalue weighted by molar-refractivity contribution is 0.114. The summed E-state index contributed by atoms with van der Waals surface area (Å²) in [6.07, 6.45) is 1.55. The molecule has 0 spiro atoms. The fourth-order valence-electron chi connectivity index (χ4n) is 0.706. The largest absolute Gasteiger partial charge is 0.394 e. The summed E-state index contributed by atoms with van der Waals surface area (Å²) in [5, 5.41) is 17.3. The van der Waals surface area contributed by atoms with Crippen molar-refractivity contribution in [2.24, 2.45) is 5.73 Å². The molecule has 0 heterocycles. The van der Waals surface area contributed by atoms with E-state index in [1.54, 1.807) is 0 Å². The standard InChI is InChI=1S/C6H15NO2/c1-2-3-6(7,4-8)5-9/h8-9H,2-5,7H2,1H3. The van der Waals surface area contributed by atoms with Crippen LogP contribution in [0.5, 0.6) is 0 Å². The molecule has 0 aromatic heterocycles. The van der Waals surface area contributed by atoms with E-state index in [4.69, 9.17) is 15.9 Å². The molecule has 0 amide bonds. The second-order valence-corrected chi connectivity index (χ2v) is 2.43. The third kappa shape index (κ3) is 2.79. The van der Waals surface area contributed by atoms with Crippen molar-refractivity contribution in [3.63, 3.8) is 0 Å². The fraction of sp³-hybridized carbons (Fsp3) is 1.00. The highest BCUT2D eigenvalue weighted by Gasteiger charge is 2.20. The van der Waals surface area contributed by atoms with Crippen molar-refractivity contribution < 1.29 is 10.2 Å². The van der Waals surface area contributed by atoms with Crippen LogP contribution in [0.25, 0.3) is 0 Å². The van der Waals surface area contributed by atoms with E-state index in [2.05, 4.69) is 0 Å². The predicted molar refractivity (Wildman–Crippen MR) is 36.0 cm³/mol. The number of aliphatic hydroxyl groups excluding tert-OH is 2. The molecule has 0 saturated carbocycles. The molecule has 0 bridgehead atoms. The molecule has 0 unspecified atom stereocenters. The minimum absolute atomic E-state index is 0.142. The van der Waals surface area contributed by atoms with Crippen LogP contribution in [0.3, 0.4) is 0 Å². The Hall–Kier alpha value is -0.120. The molecule has 9 heavy (non-hydrogen) atoms. The van der Waals surface area contributed by atoms with Crippen molar-refractivity contribution in [2.75, 3.05) is 13.2 Å². The van der Waals surface area contributed by atoms with Gasteiger partial charge in [-0.05, 0) is 6.42 Å². The molecule has 0 aromatic carbocycles. The normalized spacial score (nSPS) is 12.0. The minimum atomic E-state index is -0.755. The van der Waals surface area contributed by atoms with E-state index in [0.717, 1.165) is 6.42 Å². The first kappa shape index (κ1) is 8.88. The maximum absolute atomic E-state index is 8.63. The Balaban J connectivity index is 3.62. The molecular weight excluding hydrogens is 118 g/mol. The molecule has 3 heteroatoms. The Labute approximate surface area is 55.5 Å². The Morgan fingerprint density at radius 2 is 1.78 bits per heavy atom. The van der Waals surface area contributed by atoms with E-state index in [0.29, 0.717) is 6.42 Å². The fourth-order valence-corrected chi connectivity index (χ4v) is 0.706. The number of rotatable bonds is 4. The van der Waals surface area contributed by atoms with E-state index in [-0.39, 0.29) is 13.2 Å². The van der Waals surface area contributed by atoms with E-state index in [1.165, 1.54) is 0 Å². The average Bonchev–Trinajstić information content (AvgIpc) is 1.89. The minimum Gasteiger partial charge on any atom is -0.394 e. The van der Waals surface area contributed by atoms with Crippen LogP contribution in [-0.2, 0) is 0 Å². The maximum Gasteiger partial charge on any atom is 0.0633 e. The molecule has 0 aliphatic rings. The number of hydrogen-bond acceptors (Lipinski definition) is 3. The van der Waals surface area contributed by atoms with Gasteiger partial charge in [-0.2, -0.15) is 0 Å². The van der Waals surface area contributed by atoms with Crippen molar-refractivity contribution in [1.29, 1.82) is 0 Å². The summed E-state index contributed by atoms with van der Waals surface area (Å²) in [5.74, 6) is 0. The second kappa shape index (κ2) is 3.82. The van der Waals surface area contributed by atoms with Crippen molar-refractivity contribution >= 4 is 0 Å². The van der Waals surface area contributed by atoms with Crippen LogP contribution in [0.1, 0.15) is 19.8 Å². The van der Waals surface area contributed by atoms with Crippen LogP contribution in [-0.4, -0.2) is 29.0 Å². The molecule has 0 rings (SSSR count). The zero-order valence-corrected chi connectivity index (χ0v) is 5.80. The highest BCUT2D eigenvalue weighted by atomic mass is 16.3. The van der Waals surface area contributed by atoms with Gasteiger partial charge in [-0.1, -0.05) is 13.3 Å². The summed E-state index contributed by atoms with van der Waals surface area (Å²) < 4.78 is 0. The zero-order chi connectivity index (χ0) is 7.33. The summed E-state index contributed by atoms with van der Waals surface area (Å²) in [7, 11) is 0. The second-order valence-electron chi connectivity index (χ2n) is 2.43. The van der Waals surface area contributed by atoms with E-state index in [1.807, 2.05) is 6.92 Å². The number of hydrogen-bond donors (Lipinski definition) is 3. The smallest absolute Gasteiger partial charge is 0.0633 e. The van der Waals surface area contributed by atoms with Crippen molar-refractivity contribution in [2.45, 2.75) is 25.3 Å². The van der Waals surface area contributed by atoms with E-state index < -0.39 is 5.54 Å². The topological polar surface area (TPSA) is 66.5 Å². The summed E-state index contributed by atoms with van der Waals surface area (Å²) in [6.45, 7) is 1.68. The van der Waals surface area contributed by atoms with Crippen molar-refractivity contribution in [3.05, 3.63) is 0 Å². The molecule has 0 aliphatic heterocycles. The van der Waals surface area contributed by atoms with Gasteiger partial charge in [0.05, 0.1) is 18.8 Å². The summed E-state index contributed by atoms with van der Waals surface area (Å²) in [6, 6.07) is 0. The summed E-state index contributed by atoms with van der Waals surface area (Å²) >= 11 is 0. The van der Waals surface area contributed by atoms with Gasteiger partial charge in [-0.15, -0.1) is 0 Å². The third-order valence-corrected chi connectivity index (χ3v) is 1.38. The Morgan fingerprint density at radius 3 is 1.89 bits per heavy atom. The van der Waals surface area contributed by atoms with Crippen LogP contribution in [0, 0.1) is 0 Å². The number of nitrogens with two attached hydrogens (primary N) is 1. The first-order valence-electron chi connectivity index (χ1n) is 3.19. The summed E-state index contributed by atoms with van der Waals surface area (Å²) in [4.78, 5) is 0. The van der Waals surface area contributed by atoms with Gasteiger partial charge in [-0.25, -0.2) is 0 Å². The quantitative estimate of drug-likeness (QED) is 0.483. The predicted octanol–water partition coefficient (Wildman–Crippen LogP) is -0.531. The van der Waals surface area contributed by atoms with Gasteiger partial charge in [0.2, 0.25) is 0 Å². The van der Waals surface area contributed by atoms with Gasteiger partial charge in [0.15, 0.2) is 0 Å². The lowest BCUT2D eigenvalue weighted by Crippen LogP contribution is -2.47. The highest BCUT2D eigenvalue weighted by molar-refractivity contribution is 4.81. The van der Waals surface area contributed by atoms with Crippen molar-refractivity contribution in [1.82, 2.24) is 0 Å². The summed E-state index contributed by atoms with van der Waals surface area (Å²) in [5.41, 5.74) is 4.75. The zero-order valence-electron chi connectivity index (χ0n) is 5.80. The van der Waals surface area contributed by atoms with E-state index in [9.17, 15) is 0 Å². The number of aliphatic hydroxyl groups is 2. The van der Waals surface area contributed by atoms with E-state index >= 15 is 0 Å². The first-order chi connectivity index (χ1) is 4.18. The van der Waals surface area contributed by atoms with Gasteiger partial charge in [0.25, 0.3) is 0 Å². The lowest BCUT2D eigenvalue weighted by Gasteiger charge is -2.23. The van der Waals surface area contributed by atoms with Crippen LogP contribution in [0.15, 0.2) is 0 Å². The molecule has 0 fully saturated rings. The van der Waals surface area contributed by atoms with Crippen molar-refractivity contribution in [3.8, 4) is 0 Å². The molecular formula is C6H15NO2. The van der Waals surface area contributed by atoms with Gasteiger partial charge < -0.3 is 15.9 Å². The molecule has 0 aliphatic carbocycles. The SMILES string of the molecule is CCCC(N)(CO)CO. The molecule has 4 N–H and O–H groups in total. The third-order valence-electron chi connectivity index (χ3n) is 1.38. The Kier molecular flexibility index (Phi) is 3.77. The van der Waals surface area contributed by atoms with Gasteiger partial charge in [-0.3, -0.25) is 0 Å². The molecule has 0 saturated heterocycles. The molecule has 0 atom stereocenters. The van der Waals surface area contributed by atoms with Gasteiger partial charge >= 0.3 is 0 Å². The lowest BCUT2D eigenvalue weighted by atomic mass is 9.98. The monoisotopic (exact) mass is 133 g/mol. The highest BCUT2D eigenvalue weighted by Crippen LogP contribution is 2.06. The Bertz CT molecular complexity index is 71.5. The van der Waals surface area contributed by atoms with Gasteiger partial charge in [0, 0.05) is 0 Å². The van der Waals surface area contributed by atoms with Crippen LogP contribution in [0.2, 0.25) is 0 Å². The van der Waals surface area contributed by atoms with Gasteiger partial charge in [0.1, 0.15) is 0 Å². The van der Waals surface area contributed by atoms with Crippen LogP contribution >= 0.6 is 0 Å². The molecule has 56 valence electrons. The Morgan fingerprint density at radius 1 is 1.33 bits per heavy atom.